The van der Waals surface area contributed by atoms with Crippen LogP contribution in [0.15, 0.2) is 48.5 Å². The molecule has 1 amide bonds. The van der Waals surface area contributed by atoms with Crippen molar-refractivity contribution in [2.75, 3.05) is 34.4 Å². The number of methoxy groups -OCH3 is 2. The van der Waals surface area contributed by atoms with Crippen molar-refractivity contribution in [3.05, 3.63) is 59.7 Å². The number of hydrogen-bond donors (Lipinski definition) is 1. The number of quaternary nitrogens is 1. The molecule has 0 spiro atoms. The third kappa shape index (κ3) is 4.25. The Hall–Kier alpha value is -2.53. The molecule has 2 aromatic rings. The van der Waals surface area contributed by atoms with Gasteiger partial charge >= 0.3 is 0 Å². The van der Waals surface area contributed by atoms with Gasteiger partial charge in [-0.05, 0) is 25.0 Å². The Kier molecular flexibility index (Phi) is 6.35. The molecule has 1 heterocycles. The second kappa shape index (κ2) is 8.91. The van der Waals surface area contributed by atoms with E-state index in [1.54, 1.807) is 14.2 Å². The number of nitrogens with zero attached hydrogens (tertiary/aromatic N) is 1. The van der Waals surface area contributed by atoms with E-state index in [9.17, 15) is 4.79 Å². The quantitative estimate of drug-likeness (QED) is 0.813. The van der Waals surface area contributed by atoms with Gasteiger partial charge in [-0.1, -0.05) is 36.4 Å². The Bertz CT molecular complexity index is 757. The lowest BCUT2D eigenvalue weighted by Gasteiger charge is -2.28. The van der Waals surface area contributed by atoms with Crippen LogP contribution in [0.5, 0.6) is 11.5 Å². The summed E-state index contributed by atoms with van der Waals surface area (Å²) < 4.78 is 11.0. The first kappa shape index (κ1) is 19.2. The number of ether oxygens (including phenoxy) is 2. The van der Waals surface area contributed by atoms with Crippen LogP contribution in [0.25, 0.3) is 0 Å². The number of para-hydroxylation sites is 1. The van der Waals surface area contributed by atoms with E-state index in [0.29, 0.717) is 12.3 Å². The molecule has 144 valence electrons. The summed E-state index contributed by atoms with van der Waals surface area (Å²) >= 11 is 0. The van der Waals surface area contributed by atoms with E-state index >= 15 is 0 Å². The zero-order valence-corrected chi connectivity index (χ0v) is 16.4. The van der Waals surface area contributed by atoms with Crippen LogP contribution >= 0.6 is 0 Å². The number of carbonyl (C=O) groups is 1. The van der Waals surface area contributed by atoms with E-state index in [2.05, 4.69) is 7.05 Å². The van der Waals surface area contributed by atoms with Crippen molar-refractivity contribution in [1.82, 2.24) is 4.90 Å². The van der Waals surface area contributed by atoms with Crippen LogP contribution in [0, 0.1) is 0 Å². The summed E-state index contributed by atoms with van der Waals surface area (Å²) in [6, 6.07) is 15.7. The molecule has 0 bridgehead atoms. The van der Waals surface area contributed by atoms with Crippen LogP contribution < -0.4 is 14.4 Å². The minimum absolute atomic E-state index is 0.207. The molecule has 5 heteroatoms. The molecule has 0 aromatic heterocycles. The molecule has 27 heavy (non-hydrogen) atoms. The molecule has 1 unspecified atom stereocenters. The normalized spacial score (nSPS) is 16.0. The third-order valence-electron chi connectivity index (χ3n) is 5.24. The first-order valence-electron chi connectivity index (χ1n) is 9.51. The molecule has 1 aliphatic rings. The van der Waals surface area contributed by atoms with Gasteiger partial charge in [-0.3, -0.25) is 4.79 Å². The highest BCUT2D eigenvalue weighted by molar-refractivity contribution is 5.82. The largest absolute Gasteiger partial charge is 0.493 e. The van der Waals surface area contributed by atoms with Crippen LogP contribution in [-0.4, -0.2) is 45.2 Å². The Morgan fingerprint density at radius 2 is 1.74 bits per heavy atom. The summed E-state index contributed by atoms with van der Waals surface area (Å²) in [5.74, 6) is 1.66. The zero-order chi connectivity index (χ0) is 19.2. The fraction of sp³-hybridized carbons (Fsp3) is 0.409. The van der Waals surface area contributed by atoms with Gasteiger partial charge in [0.25, 0.3) is 5.91 Å². The molecular weight excluding hydrogens is 340 g/mol. The molecule has 3 rings (SSSR count). The second-order valence-corrected chi connectivity index (χ2v) is 7.05. The number of likely N-dealkylation sites (tertiary alicyclic amines) is 1. The van der Waals surface area contributed by atoms with E-state index in [1.807, 2.05) is 53.4 Å². The lowest BCUT2D eigenvalue weighted by molar-refractivity contribution is -0.916. The molecule has 0 aliphatic carbocycles. The van der Waals surface area contributed by atoms with E-state index < -0.39 is 0 Å². The summed E-state index contributed by atoms with van der Waals surface area (Å²) in [4.78, 5) is 16.4. The Balaban J connectivity index is 1.89. The average Bonchev–Trinajstić information content (AvgIpc) is 3.23. The number of benzene rings is 2. The van der Waals surface area contributed by atoms with Gasteiger partial charge in [0.15, 0.2) is 17.5 Å². The molecule has 2 aromatic carbocycles. The first-order chi connectivity index (χ1) is 13.2. The number of likely N-dealkylation sites (N-methyl/N-ethyl adjacent to an activating group) is 1. The van der Waals surface area contributed by atoms with E-state index in [1.165, 1.54) is 0 Å². The third-order valence-corrected chi connectivity index (χ3v) is 5.24. The highest BCUT2D eigenvalue weighted by Crippen LogP contribution is 2.30. The molecular formula is C22H29N2O3+. The molecule has 2 atom stereocenters. The van der Waals surface area contributed by atoms with Crippen molar-refractivity contribution in [3.63, 3.8) is 0 Å². The topological polar surface area (TPSA) is 43.2 Å². The highest BCUT2D eigenvalue weighted by Gasteiger charge is 2.34. The number of rotatable bonds is 7. The van der Waals surface area contributed by atoms with Gasteiger partial charge in [0, 0.05) is 18.7 Å². The van der Waals surface area contributed by atoms with Gasteiger partial charge in [0.2, 0.25) is 0 Å². The monoisotopic (exact) mass is 369 g/mol. The van der Waals surface area contributed by atoms with Crippen LogP contribution in [0.1, 0.15) is 30.0 Å². The summed E-state index contributed by atoms with van der Waals surface area (Å²) in [5, 5.41) is 0. The maximum Gasteiger partial charge on any atom is 0.285 e. The van der Waals surface area contributed by atoms with Crippen molar-refractivity contribution >= 4 is 5.91 Å². The summed E-state index contributed by atoms with van der Waals surface area (Å²) in [6.45, 7) is 2.38. The predicted molar refractivity (Wildman–Crippen MR) is 105 cm³/mol. The Morgan fingerprint density at radius 3 is 2.37 bits per heavy atom. The number of carbonyl (C=O) groups excluding carboxylic acids is 1. The minimum Gasteiger partial charge on any atom is -0.493 e. The SMILES string of the molecule is COc1cccc(C[NH+](C)[C@H](C(=O)N2CCCC2)c2ccccc2)c1OC. The Morgan fingerprint density at radius 1 is 1.04 bits per heavy atom. The zero-order valence-electron chi connectivity index (χ0n) is 16.4. The lowest BCUT2D eigenvalue weighted by atomic mass is 10.0. The van der Waals surface area contributed by atoms with Gasteiger partial charge < -0.3 is 19.3 Å². The number of nitrogens with one attached hydrogen (secondary N) is 1. The highest BCUT2D eigenvalue weighted by atomic mass is 16.5. The van der Waals surface area contributed by atoms with E-state index in [0.717, 1.165) is 47.7 Å². The van der Waals surface area contributed by atoms with Crippen molar-refractivity contribution in [2.45, 2.75) is 25.4 Å². The van der Waals surface area contributed by atoms with Gasteiger partial charge in [-0.15, -0.1) is 0 Å². The van der Waals surface area contributed by atoms with Gasteiger partial charge in [-0.25, -0.2) is 0 Å². The van der Waals surface area contributed by atoms with Crippen molar-refractivity contribution in [1.29, 1.82) is 0 Å². The minimum atomic E-state index is -0.236. The van der Waals surface area contributed by atoms with Crippen molar-refractivity contribution in [2.24, 2.45) is 0 Å². The van der Waals surface area contributed by atoms with Crippen LogP contribution in [0.3, 0.4) is 0 Å². The molecule has 1 fully saturated rings. The summed E-state index contributed by atoms with van der Waals surface area (Å²) in [5.41, 5.74) is 2.08. The molecule has 1 aliphatic heterocycles. The average molecular weight is 369 g/mol. The van der Waals surface area contributed by atoms with Crippen LogP contribution in [0.2, 0.25) is 0 Å². The second-order valence-electron chi connectivity index (χ2n) is 7.05. The fourth-order valence-corrected chi connectivity index (χ4v) is 3.90. The predicted octanol–water partition coefficient (Wildman–Crippen LogP) is 2.08. The molecule has 5 nitrogen and oxygen atoms in total. The maximum absolute atomic E-state index is 13.3. The maximum atomic E-state index is 13.3. The van der Waals surface area contributed by atoms with Crippen molar-refractivity contribution in [3.8, 4) is 11.5 Å². The number of amides is 1. The fourth-order valence-electron chi connectivity index (χ4n) is 3.90. The first-order valence-corrected chi connectivity index (χ1v) is 9.51. The number of hydrogen-bond acceptors (Lipinski definition) is 3. The molecule has 0 radical (unpaired) electrons. The smallest absolute Gasteiger partial charge is 0.285 e. The summed E-state index contributed by atoms with van der Waals surface area (Å²) in [6.07, 6.45) is 2.19. The van der Waals surface area contributed by atoms with Gasteiger partial charge in [0.05, 0.1) is 26.8 Å². The summed E-state index contributed by atoms with van der Waals surface area (Å²) in [7, 11) is 5.37. The van der Waals surface area contributed by atoms with Gasteiger partial charge in [-0.2, -0.15) is 0 Å². The van der Waals surface area contributed by atoms with Crippen molar-refractivity contribution < 1.29 is 19.2 Å². The van der Waals surface area contributed by atoms with E-state index in [4.69, 9.17) is 9.47 Å². The van der Waals surface area contributed by atoms with Gasteiger partial charge in [0.1, 0.15) is 6.54 Å². The molecule has 1 saturated heterocycles. The lowest BCUT2D eigenvalue weighted by Crippen LogP contribution is -3.09. The Labute approximate surface area is 161 Å². The molecule has 0 saturated carbocycles. The van der Waals surface area contributed by atoms with E-state index in [-0.39, 0.29) is 11.9 Å². The van der Waals surface area contributed by atoms with Crippen LogP contribution in [-0.2, 0) is 11.3 Å². The standard InChI is InChI=1S/C22H28N2O3/c1-23(16-18-12-9-13-19(26-2)21(18)27-3)20(17-10-5-4-6-11-17)22(25)24-14-7-8-15-24/h4-6,9-13,20H,7-8,14-16H2,1-3H3/p+1/t20-/m0/s1. The van der Waals surface area contributed by atoms with Crippen LogP contribution in [0.4, 0.5) is 0 Å². The molecule has 1 N–H and O–H groups in total.